The van der Waals surface area contributed by atoms with Gasteiger partial charge in [0.1, 0.15) is 23.9 Å². The maximum atomic E-state index is 11.8. The van der Waals surface area contributed by atoms with E-state index in [1.165, 1.54) is 0 Å². The van der Waals surface area contributed by atoms with Crippen molar-refractivity contribution in [1.82, 2.24) is 0 Å². The lowest BCUT2D eigenvalue weighted by molar-refractivity contribution is 0.249. The van der Waals surface area contributed by atoms with Gasteiger partial charge in [-0.05, 0) is 36.4 Å². The Labute approximate surface area is 168 Å². The van der Waals surface area contributed by atoms with Gasteiger partial charge < -0.3 is 14.3 Å². The van der Waals surface area contributed by atoms with Crippen LogP contribution >= 0.6 is 0 Å². The van der Waals surface area contributed by atoms with Crippen LogP contribution in [-0.2, 0) is 22.2 Å². The molecule has 0 unspecified atom stereocenters. The second-order valence-corrected chi connectivity index (χ2v) is 8.49. The van der Waals surface area contributed by atoms with Gasteiger partial charge in [-0.2, -0.15) is 0 Å². The van der Waals surface area contributed by atoms with E-state index < -0.39 is 26.8 Å². The van der Waals surface area contributed by atoms with Crippen LogP contribution in [0.25, 0.3) is 0 Å². The van der Waals surface area contributed by atoms with Gasteiger partial charge in [-0.3, -0.25) is 4.79 Å². The van der Waals surface area contributed by atoms with Crippen molar-refractivity contribution < 1.29 is 22.7 Å². The number of benzene rings is 2. The minimum atomic E-state index is -3.39. The zero-order chi connectivity index (χ0) is 20.9. The standard InChI is InChI=1S/C22H18O6S/c1-29(25,26)15-19-13-20(23)22(24)21(28-19)14-27-18-11-9-17(10-12-18)8-7-16-5-3-2-4-6-16/h2-6,9-13,24H,14-15H2,1H3. The Hall–Kier alpha value is -3.50. The van der Waals surface area contributed by atoms with Gasteiger partial charge in [0.2, 0.25) is 11.2 Å². The van der Waals surface area contributed by atoms with E-state index in [4.69, 9.17) is 9.15 Å². The third-order valence-corrected chi connectivity index (χ3v) is 4.61. The van der Waals surface area contributed by atoms with Crippen LogP contribution in [0.4, 0.5) is 0 Å². The fourth-order valence-corrected chi connectivity index (χ4v) is 3.12. The summed E-state index contributed by atoms with van der Waals surface area (Å²) in [6.45, 7) is -0.228. The SMILES string of the molecule is CS(=O)(=O)Cc1cc(=O)c(O)c(COc2ccc(C#Cc3ccccc3)cc2)o1. The Morgan fingerprint density at radius 2 is 1.62 bits per heavy atom. The number of hydrogen-bond acceptors (Lipinski definition) is 6. The Kier molecular flexibility index (Phi) is 6.05. The second kappa shape index (κ2) is 8.67. The molecular weight excluding hydrogens is 392 g/mol. The summed E-state index contributed by atoms with van der Waals surface area (Å²) >= 11 is 0. The number of ether oxygens (including phenoxy) is 1. The van der Waals surface area contributed by atoms with E-state index in [9.17, 15) is 18.3 Å². The number of sulfone groups is 1. The highest BCUT2D eigenvalue weighted by Gasteiger charge is 2.15. The average molecular weight is 410 g/mol. The largest absolute Gasteiger partial charge is 0.502 e. The summed E-state index contributed by atoms with van der Waals surface area (Å²) in [6, 6.07) is 17.5. The van der Waals surface area contributed by atoms with Crippen LogP contribution in [0, 0.1) is 11.8 Å². The van der Waals surface area contributed by atoms with Crippen molar-refractivity contribution in [3.8, 4) is 23.3 Å². The molecular formula is C22H18O6S. The normalized spacial score (nSPS) is 10.8. The molecule has 7 heteroatoms. The highest BCUT2D eigenvalue weighted by Crippen LogP contribution is 2.19. The molecule has 0 spiro atoms. The molecule has 3 aromatic rings. The summed E-state index contributed by atoms with van der Waals surface area (Å²) in [7, 11) is -3.39. The monoisotopic (exact) mass is 410 g/mol. The Bertz CT molecular complexity index is 1210. The van der Waals surface area contributed by atoms with Crippen LogP contribution in [0.15, 0.2) is 69.9 Å². The molecule has 0 fully saturated rings. The molecule has 0 saturated carbocycles. The second-order valence-electron chi connectivity index (χ2n) is 6.35. The first kappa shape index (κ1) is 20.2. The zero-order valence-electron chi connectivity index (χ0n) is 15.6. The van der Waals surface area contributed by atoms with E-state index in [0.29, 0.717) is 5.75 Å². The van der Waals surface area contributed by atoms with E-state index in [0.717, 1.165) is 23.4 Å². The summed E-state index contributed by atoms with van der Waals surface area (Å²) in [5, 5.41) is 9.87. The quantitative estimate of drug-likeness (QED) is 0.650. The Morgan fingerprint density at radius 1 is 1.00 bits per heavy atom. The zero-order valence-corrected chi connectivity index (χ0v) is 16.4. The molecule has 1 aromatic heterocycles. The Morgan fingerprint density at radius 3 is 2.24 bits per heavy atom. The van der Waals surface area contributed by atoms with Gasteiger partial charge in [0.05, 0.1) is 0 Å². The number of aromatic hydroxyl groups is 1. The van der Waals surface area contributed by atoms with E-state index in [-0.39, 0.29) is 18.1 Å². The first-order valence-electron chi connectivity index (χ1n) is 8.63. The maximum Gasteiger partial charge on any atom is 0.227 e. The van der Waals surface area contributed by atoms with Crippen molar-refractivity contribution in [3.05, 3.63) is 93.5 Å². The molecule has 0 radical (unpaired) electrons. The van der Waals surface area contributed by atoms with E-state index >= 15 is 0 Å². The van der Waals surface area contributed by atoms with Crippen molar-refractivity contribution in [3.63, 3.8) is 0 Å². The molecule has 29 heavy (non-hydrogen) atoms. The topological polar surface area (TPSA) is 93.8 Å². The molecule has 2 aromatic carbocycles. The minimum absolute atomic E-state index is 0.0552. The van der Waals surface area contributed by atoms with Gasteiger partial charge >= 0.3 is 0 Å². The van der Waals surface area contributed by atoms with Crippen molar-refractivity contribution in [2.75, 3.05) is 6.26 Å². The van der Waals surface area contributed by atoms with Crippen molar-refractivity contribution in [2.24, 2.45) is 0 Å². The summed E-state index contributed by atoms with van der Waals surface area (Å²) < 4.78 is 33.7. The molecule has 3 rings (SSSR count). The van der Waals surface area contributed by atoms with Crippen LogP contribution in [0.2, 0.25) is 0 Å². The van der Waals surface area contributed by atoms with Crippen molar-refractivity contribution in [2.45, 2.75) is 12.4 Å². The van der Waals surface area contributed by atoms with Crippen LogP contribution < -0.4 is 10.2 Å². The molecule has 6 nitrogen and oxygen atoms in total. The molecule has 0 aliphatic carbocycles. The van der Waals surface area contributed by atoms with Crippen molar-refractivity contribution in [1.29, 1.82) is 0 Å². The van der Waals surface area contributed by atoms with Crippen LogP contribution in [0.5, 0.6) is 11.5 Å². The fourth-order valence-electron chi connectivity index (χ4n) is 2.46. The van der Waals surface area contributed by atoms with Gasteiger partial charge in [0, 0.05) is 23.4 Å². The molecule has 0 saturated heterocycles. The van der Waals surface area contributed by atoms with Gasteiger partial charge in [-0.25, -0.2) is 8.42 Å². The van der Waals surface area contributed by atoms with Crippen LogP contribution in [0.1, 0.15) is 22.6 Å². The lowest BCUT2D eigenvalue weighted by atomic mass is 10.2. The van der Waals surface area contributed by atoms with Crippen LogP contribution in [0.3, 0.4) is 0 Å². The van der Waals surface area contributed by atoms with Crippen molar-refractivity contribution >= 4 is 9.84 Å². The molecule has 0 bridgehead atoms. The molecule has 0 aliphatic rings. The molecule has 0 amide bonds. The smallest absolute Gasteiger partial charge is 0.227 e. The first-order chi connectivity index (χ1) is 13.8. The van der Waals surface area contributed by atoms with E-state index in [2.05, 4.69) is 11.8 Å². The highest BCUT2D eigenvalue weighted by molar-refractivity contribution is 7.89. The summed E-state index contributed by atoms with van der Waals surface area (Å²) in [5.74, 6) is 5.34. The Balaban J connectivity index is 1.70. The first-order valence-corrected chi connectivity index (χ1v) is 10.7. The van der Waals surface area contributed by atoms with Crippen LogP contribution in [-0.4, -0.2) is 19.8 Å². The van der Waals surface area contributed by atoms with Gasteiger partial charge in [-0.1, -0.05) is 30.0 Å². The lowest BCUT2D eigenvalue weighted by Crippen LogP contribution is -2.10. The predicted octanol–water partition coefficient (Wildman–Crippen LogP) is 2.87. The average Bonchev–Trinajstić information content (AvgIpc) is 2.68. The number of rotatable bonds is 5. The minimum Gasteiger partial charge on any atom is -0.502 e. The third-order valence-electron chi connectivity index (χ3n) is 3.80. The molecule has 0 atom stereocenters. The van der Waals surface area contributed by atoms with Gasteiger partial charge in [0.15, 0.2) is 15.6 Å². The molecule has 1 heterocycles. The summed E-state index contributed by atoms with van der Waals surface area (Å²) in [4.78, 5) is 11.8. The molecule has 1 N–H and O–H groups in total. The predicted molar refractivity (Wildman–Crippen MR) is 108 cm³/mol. The van der Waals surface area contributed by atoms with Gasteiger partial charge in [0.25, 0.3) is 0 Å². The molecule has 148 valence electrons. The summed E-state index contributed by atoms with van der Waals surface area (Å²) in [5.41, 5.74) is 0.984. The number of hydrogen-bond donors (Lipinski definition) is 1. The maximum absolute atomic E-state index is 11.8. The molecule has 0 aliphatic heterocycles. The van der Waals surface area contributed by atoms with E-state index in [1.54, 1.807) is 24.3 Å². The lowest BCUT2D eigenvalue weighted by Gasteiger charge is -2.08. The van der Waals surface area contributed by atoms with Gasteiger partial charge in [-0.15, -0.1) is 0 Å². The highest BCUT2D eigenvalue weighted by atomic mass is 32.2. The third kappa shape index (κ3) is 5.99. The summed E-state index contributed by atoms with van der Waals surface area (Å²) in [6.07, 6.45) is 1.03. The van der Waals surface area contributed by atoms with E-state index in [1.807, 2.05) is 30.3 Å². The fraction of sp³-hybridized carbons (Fsp3) is 0.136.